The average molecular weight is 407 g/mol. The molecule has 4 aliphatic rings. The van der Waals surface area contributed by atoms with E-state index in [2.05, 4.69) is 33.8 Å². The fourth-order valence-electron chi connectivity index (χ4n) is 1.49. The summed E-state index contributed by atoms with van der Waals surface area (Å²) in [6.07, 6.45) is 4.54. The highest BCUT2D eigenvalue weighted by Crippen LogP contribution is 2.61. The topological polar surface area (TPSA) is 0 Å². The summed E-state index contributed by atoms with van der Waals surface area (Å²) in [6, 6.07) is 0. The summed E-state index contributed by atoms with van der Waals surface area (Å²) in [6.45, 7) is 0. The van der Waals surface area contributed by atoms with Crippen molar-refractivity contribution in [3.05, 3.63) is 59.2 Å². The lowest BCUT2D eigenvalue weighted by Crippen LogP contribution is -1.68. The maximum absolute atomic E-state index is 2.27. The standard InChI is InChI=1S/C12H6S8/c1(7-17-9-10(18-7)14-4-3-13-9)2-8-19-11-12(20-8)16-6-5-15-11/h1-6H. The SMILES string of the molecule is C1=CSC2=C(S1)SC(=CC=C1SC3=C(SC=CS3)S1)S2. The average Bonchev–Trinajstić information content (AvgIpc) is 3.07. The van der Waals surface area contributed by atoms with Gasteiger partial charge in [-0.3, -0.25) is 0 Å². The molecular formula is C12H6S8. The van der Waals surface area contributed by atoms with Crippen molar-refractivity contribution in [2.75, 3.05) is 0 Å². The Morgan fingerprint density at radius 3 is 1.10 bits per heavy atom. The molecule has 8 heteroatoms. The van der Waals surface area contributed by atoms with Crippen LogP contribution in [0.5, 0.6) is 0 Å². The van der Waals surface area contributed by atoms with Gasteiger partial charge in [-0.1, -0.05) is 94.1 Å². The maximum atomic E-state index is 2.27. The van der Waals surface area contributed by atoms with Crippen LogP contribution in [0.3, 0.4) is 0 Å². The van der Waals surface area contributed by atoms with Gasteiger partial charge in [0.2, 0.25) is 0 Å². The molecule has 0 bridgehead atoms. The Hall–Kier alpha value is 1.24. The normalized spacial score (nSPS) is 24.4. The van der Waals surface area contributed by atoms with Crippen LogP contribution in [0.15, 0.2) is 59.2 Å². The van der Waals surface area contributed by atoms with Crippen LogP contribution in [0.25, 0.3) is 0 Å². The molecule has 0 fully saturated rings. The fraction of sp³-hybridized carbons (Fsp3) is 0. The molecule has 4 aliphatic heterocycles. The van der Waals surface area contributed by atoms with Gasteiger partial charge in [0.05, 0.1) is 25.4 Å². The first-order chi connectivity index (χ1) is 9.88. The molecule has 4 rings (SSSR count). The summed E-state index contributed by atoms with van der Waals surface area (Å²) >= 11 is 14.9. The summed E-state index contributed by atoms with van der Waals surface area (Å²) in [5.74, 6) is 0. The van der Waals surface area contributed by atoms with E-state index in [-0.39, 0.29) is 0 Å². The Bertz CT molecular complexity index is 534. The highest BCUT2D eigenvalue weighted by molar-refractivity contribution is 8.43. The molecule has 0 saturated heterocycles. The lowest BCUT2D eigenvalue weighted by Gasteiger charge is -2.02. The first kappa shape index (κ1) is 14.8. The lowest BCUT2D eigenvalue weighted by atomic mass is 10.6. The number of hydrogen-bond acceptors (Lipinski definition) is 8. The van der Waals surface area contributed by atoms with Crippen molar-refractivity contribution in [2.24, 2.45) is 0 Å². The van der Waals surface area contributed by atoms with Crippen LogP contribution in [0.4, 0.5) is 0 Å². The molecular weight excluding hydrogens is 401 g/mol. The third-order valence-corrected chi connectivity index (χ3v) is 12.5. The number of rotatable bonds is 1. The number of thioether (sulfide) groups is 8. The molecule has 0 aromatic carbocycles. The second-order valence-corrected chi connectivity index (χ2v) is 13.0. The van der Waals surface area contributed by atoms with E-state index in [1.165, 1.54) is 25.4 Å². The van der Waals surface area contributed by atoms with Crippen LogP contribution in [0, 0.1) is 0 Å². The van der Waals surface area contributed by atoms with Gasteiger partial charge in [0, 0.05) is 0 Å². The molecule has 0 nitrogen and oxygen atoms in total. The molecule has 102 valence electrons. The Labute approximate surface area is 152 Å². The van der Waals surface area contributed by atoms with Crippen molar-refractivity contribution in [3.63, 3.8) is 0 Å². The zero-order valence-electron chi connectivity index (χ0n) is 9.73. The Kier molecular flexibility index (Phi) is 5.02. The van der Waals surface area contributed by atoms with Crippen LogP contribution in [-0.2, 0) is 0 Å². The summed E-state index contributed by atoms with van der Waals surface area (Å²) in [4.78, 5) is 0. The van der Waals surface area contributed by atoms with Crippen molar-refractivity contribution in [2.45, 2.75) is 0 Å². The first-order valence-corrected chi connectivity index (χ1v) is 12.3. The van der Waals surface area contributed by atoms with Crippen LogP contribution < -0.4 is 0 Å². The van der Waals surface area contributed by atoms with Gasteiger partial charge in [0.1, 0.15) is 0 Å². The number of hydrogen-bond donors (Lipinski definition) is 0. The maximum Gasteiger partial charge on any atom is 0.0705 e. The summed E-state index contributed by atoms with van der Waals surface area (Å²) in [7, 11) is 0. The van der Waals surface area contributed by atoms with Crippen molar-refractivity contribution >= 4 is 94.1 Å². The summed E-state index contributed by atoms with van der Waals surface area (Å²) in [5.41, 5.74) is 0. The zero-order valence-corrected chi connectivity index (χ0v) is 16.3. The molecule has 0 spiro atoms. The lowest BCUT2D eigenvalue weighted by molar-refractivity contribution is 2.05. The third kappa shape index (κ3) is 3.27. The Balaban J connectivity index is 1.42. The molecule has 0 aromatic rings. The Morgan fingerprint density at radius 2 is 0.800 bits per heavy atom. The second-order valence-electron chi connectivity index (χ2n) is 3.55. The molecule has 0 radical (unpaired) electrons. The van der Waals surface area contributed by atoms with Gasteiger partial charge in [0.25, 0.3) is 0 Å². The van der Waals surface area contributed by atoms with E-state index in [0.29, 0.717) is 0 Å². The van der Waals surface area contributed by atoms with Gasteiger partial charge >= 0.3 is 0 Å². The molecule has 0 aromatic heterocycles. The largest absolute Gasteiger partial charge is 0.0884 e. The predicted molar refractivity (Wildman–Crippen MR) is 109 cm³/mol. The highest BCUT2D eigenvalue weighted by Gasteiger charge is 2.24. The zero-order chi connectivity index (χ0) is 13.4. The highest BCUT2D eigenvalue weighted by atomic mass is 32.3. The fourth-order valence-corrected chi connectivity index (χ4v) is 11.5. The smallest absolute Gasteiger partial charge is 0.0705 e. The van der Waals surface area contributed by atoms with Gasteiger partial charge in [-0.2, -0.15) is 0 Å². The molecule has 0 atom stereocenters. The van der Waals surface area contributed by atoms with E-state index >= 15 is 0 Å². The molecule has 0 N–H and O–H groups in total. The van der Waals surface area contributed by atoms with Crippen molar-refractivity contribution < 1.29 is 0 Å². The van der Waals surface area contributed by atoms with Crippen molar-refractivity contribution in [1.82, 2.24) is 0 Å². The van der Waals surface area contributed by atoms with Crippen LogP contribution in [0.1, 0.15) is 0 Å². The minimum absolute atomic E-state index is 1.38. The van der Waals surface area contributed by atoms with Gasteiger partial charge in [-0.25, -0.2) is 0 Å². The van der Waals surface area contributed by atoms with E-state index in [4.69, 9.17) is 0 Å². The molecule has 0 amide bonds. The number of allylic oxidation sites excluding steroid dienone is 2. The molecule has 20 heavy (non-hydrogen) atoms. The van der Waals surface area contributed by atoms with E-state index in [1.807, 2.05) is 94.1 Å². The van der Waals surface area contributed by atoms with Crippen LogP contribution >= 0.6 is 94.1 Å². The van der Waals surface area contributed by atoms with E-state index in [1.54, 1.807) is 0 Å². The van der Waals surface area contributed by atoms with E-state index in [9.17, 15) is 0 Å². The molecule has 0 aliphatic carbocycles. The van der Waals surface area contributed by atoms with Crippen LogP contribution in [0.2, 0.25) is 0 Å². The van der Waals surface area contributed by atoms with Crippen molar-refractivity contribution in [3.8, 4) is 0 Å². The third-order valence-electron chi connectivity index (χ3n) is 2.27. The predicted octanol–water partition coefficient (Wildman–Crippen LogP) is 7.78. The quantitative estimate of drug-likeness (QED) is 0.427. The molecule has 0 unspecified atom stereocenters. The van der Waals surface area contributed by atoms with Gasteiger partial charge in [-0.05, 0) is 33.8 Å². The van der Waals surface area contributed by atoms with Gasteiger partial charge in [-0.15, -0.1) is 0 Å². The summed E-state index contributed by atoms with van der Waals surface area (Å²) in [5, 5.41) is 8.67. The van der Waals surface area contributed by atoms with E-state index in [0.717, 1.165) is 0 Å². The van der Waals surface area contributed by atoms with Gasteiger partial charge in [0.15, 0.2) is 0 Å². The Morgan fingerprint density at radius 1 is 0.500 bits per heavy atom. The van der Waals surface area contributed by atoms with E-state index < -0.39 is 0 Å². The summed E-state index contributed by atoms with van der Waals surface area (Å²) < 4.78 is 8.52. The monoisotopic (exact) mass is 406 g/mol. The van der Waals surface area contributed by atoms with Gasteiger partial charge < -0.3 is 0 Å². The minimum atomic E-state index is 1.38. The first-order valence-electron chi connectivity index (χ1n) is 5.47. The second kappa shape index (κ2) is 6.78. The van der Waals surface area contributed by atoms with Crippen molar-refractivity contribution in [1.29, 1.82) is 0 Å². The minimum Gasteiger partial charge on any atom is -0.0884 e. The van der Waals surface area contributed by atoms with Crippen LogP contribution in [-0.4, -0.2) is 0 Å². The molecule has 4 heterocycles. The molecule has 0 saturated carbocycles.